The molecular weight excluding hydrogens is 322 g/mol. The van der Waals surface area contributed by atoms with Crippen LogP contribution in [-0.4, -0.2) is 44.0 Å². The molecule has 1 fully saturated rings. The molecular formula is C18H25N3O4. The SMILES string of the molecule is CC(=O)NCCC(=O)OCC(=O)Nc1ccc(N2CCCCC2)cc1. The summed E-state index contributed by atoms with van der Waals surface area (Å²) in [4.78, 5) is 36.3. The minimum atomic E-state index is -0.524. The van der Waals surface area contributed by atoms with E-state index in [0.29, 0.717) is 5.69 Å². The zero-order valence-corrected chi connectivity index (χ0v) is 14.5. The molecule has 25 heavy (non-hydrogen) atoms. The largest absolute Gasteiger partial charge is 0.456 e. The summed E-state index contributed by atoms with van der Waals surface area (Å²) in [5.41, 5.74) is 1.82. The molecule has 2 amide bonds. The molecule has 1 aromatic carbocycles. The molecule has 0 bridgehead atoms. The van der Waals surface area contributed by atoms with Crippen molar-refractivity contribution in [2.75, 3.05) is 36.5 Å². The summed E-state index contributed by atoms with van der Waals surface area (Å²) in [6.45, 7) is 3.37. The van der Waals surface area contributed by atoms with Crippen molar-refractivity contribution >= 4 is 29.2 Å². The van der Waals surface area contributed by atoms with Crippen LogP contribution in [0.1, 0.15) is 32.6 Å². The molecule has 0 unspecified atom stereocenters. The number of esters is 1. The molecule has 0 radical (unpaired) electrons. The minimum absolute atomic E-state index is 0.0391. The lowest BCUT2D eigenvalue weighted by Crippen LogP contribution is -2.29. The van der Waals surface area contributed by atoms with Gasteiger partial charge >= 0.3 is 5.97 Å². The molecule has 0 spiro atoms. The number of hydrogen-bond donors (Lipinski definition) is 2. The van der Waals surface area contributed by atoms with E-state index in [1.807, 2.05) is 24.3 Å². The van der Waals surface area contributed by atoms with E-state index in [1.54, 1.807) is 0 Å². The molecule has 0 aliphatic carbocycles. The van der Waals surface area contributed by atoms with Crippen molar-refractivity contribution in [2.45, 2.75) is 32.6 Å². The fraction of sp³-hybridized carbons (Fsp3) is 0.500. The van der Waals surface area contributed by atoms with Gasteiger partial charge in [-0.2, -0.15) is 0 Å². The molecule has 0 aromatic heterocycles. The Hall–Kier alpha value is -2.57. The first-order chi connectivity index (χ1) is 12.0. The van der Waals surface area contributed by atoms with Crippen molar-refractivity contribution in [3.63, 3.8) is 0 Å². The van der Waals surface area contributed by atoms with Crippen LogP contribution in [0.5, 0.6) is 0 Å². The summed E-state index contributed by atoms with van der Waals surface area (Å²) in [6, 6.07) is 7.67. The molecule has 7 heteroatoms. The van der Waals surface area contributed by atoms with Gasteiger partial charge in [-0.1, -0.05) is 0 Å². The Morgan fingerprint density at radius 1 is 1.08 bits per heavy atom. The van der Waals surface area contributed by atoms with Gasteiger partial charge in [0.05, 0.1) is 6.42 Å². The highest BCUT2D eigenvalue weighted by atomic mass is 16.5. The van der Waals surface area contributed by atoms with Gasteiger partial charge in [-0.05, 0) is 43.5 Å². The summed E-state index contributed by atoms with van der Waals surface area (Å²) >= 11 is 0. The standard InChI is InChI=1S/C18H25N3O4/c1-14(22)19-10-9-18(24)25-13-17(23)20-15-5-7-16(8-6-15)21-11-3-2-4-12-21/h5-8H,2-4,9-13H2,1H3,(H,19,22)(H,20,23). The predicted octanol–water partition coefficient (Wildman–Crippen LogP) is 1.68. The van der Waals surface area contributed by atoms with Gasteiger partial charge in [0.15, 0.2) is 6.61 Å². The summed E-state index contributed by atoms with van der Waals surface area (Å²) in [5, 5.41) is 5.19. The molecule has 0 saturated carbocycles. The normalized spacial score (nSPS) is 13.9. The first-order valence-electron chi connectivity index (χ1n) is 8.59. The maximum Gasteiger partial charge on any atom is 0.308 e. The van der Waals surface area contributed by atoms with E-state index in [4.69, 9.17) is 4.74 Å². The number of anilines is 2. The number of nitrogens with zero attached hydrogens (tertiary/aromatic N) is 1. The molecule has 1 heterocycles. The summed E-state index contributed by atoms with van der Waals surface area (Å²) in [6.07, 6.45) is 3.75. The Labute approximate surface area is 147 Å². The Morgan fingerprint density at radius 2 is 1.76 bits per heavy atom. The van der Waals surface area contributed by atoms with Crippen molar-refractivity contribution < 1.29 is 19.1 Å². The second kappa shape index (κ2) is 9.66. The highest BCUT2D eigenvalue weighted by Crippen LogP contribution is 2.21. The van der Waals surface area contributed by atoms with Crippen LogP contribution >= 0.6 is 0 Å². The predicted molar refractivity (Wildman–Crippen MR) is 95.4 cm³/mol. The molecule has 1 saturated heterocycles. The van der Waals surface area contributed by atoms with Crippen molar-refractivity contribution in [1.29, 1.82) is 0 Å². The number of hydrogen-bond acceptors (Lipinski definition) is 5. The van der Waals surface area contributed by atoms with Crippen LogP contribution in [0.3, 0.4) is 0 Å². The second-order valence-electron chi connectivity index (χ2n) is 6.04. The summed E-state index contributed by atoms with van der Waals surface area (Å²) < 4.78 is 4.87. The van der Waals surface area contributed by atoms with E-state index in [2.05, 4.69) is 15.5 Å². The third-order valence-electron chi connectivity index (χ3n) is 3.94. The van der Waals surface area contributed by atoms with Gasteiger partial charge in [0, 0.05) is 37.9 Å². The van der Waals surface area contributed by atoms with Gasteiger partial charge < -0.3 is 20.3 Å². The maximum absolute atomic E-state index is 11.8. The zero-order valence-electron chi connectivity index (χ0n) is 14.5. The molecule has 2 rings (SSSR count). The van der Waals surface area contributed by atoms with E-state index in [-0.39, 0.29) is 25.5 Å². The van der Waals surface area contributed by atoms with E-state index >= 15 is 0 Å². The van der Waals surface area contributed by atoms with Gasteiger partial charge in [-0.3, -0.25) is 14.4 Å². The fourth-order valence-corrected chi connectivity index (χ4v) is 2.66. The number of carbonyl (C=O) groups excluding carboxylic acids is 3. The first-order valence-corrected chi connectivity index (χ1v) is 8.59. The second-order valence-corrected chi connectivity index (χ2v) is 6.04. The van der Waals surface area contributed by atoms with E-state index in [9.17, 15) is 14.4 Å². The average molecular weight is 347 g/mol. The Kier molecular flexibility index (Phi) is 7.25. The van der Waals surface area contributed by atoms with E-state index in [1.165, 1.54) is 26.2 Å². The van der Waals surface area contributed by atoms with Gasteiger partial charge in [0.25, 0.3) is 5.91 Å². The lowest BCUT2D eigenvalue weighted by molar-refractivity contribution is -0.147. The van der Waals surface area contributed by atoms with Crippen LogP contribution in [0.15, 0.2) is 24.3 Å². The number of benzene rings is 1. The third-order valence-corrected chi connectivity index (χ3v) is 3.94. The lowest BCUT2D eigenvalue weighted by Gasteiger charge is -2.28. The van der Waals surface area contributed by atoms with Crippen LogP contribution < -0.4 is 15.5 Å². The van der Waals surface area contributed by atoms with Gasteiger partial charge in [0.2, 0.25) is 5.91 Å². The van der Waals surface area contributed by atoms with Crippen LogP contribution in [0.25, 0.3) is 0 Å². The zero-order chi connectivity index (χ0) is 18.1. The number of carbonyl (C=O) groups is 3. The quantitative estimate of drug-likeness (QED) is 0.733. The smallest absolute Gasteiger partial charge is 0.308 e. The topological polar surface area (TPSA) is 87.7 Å². The first kappa shape index (κ1) is 18.8. The van der Waals surface area contributed by atoms with Crippen LogP contribution in [0, 0.1) is 0 Å². The van der Waals surface area contributed by atoms with Gasteiger partial charge in [-0.25, -0.2) is 0 Å². The molecule has 0 atom stereocenters. The molecule has 1 aromatic rings. The Bertz CT molecular complexity index is 595. The number of amides is 2. The third kappa shape index (κ3) is 6.82. The number of ether oxygens (including phenoxy) is 1. The summed E-state index contributed by atoms with van der Waals surface area (Å²) in [7, 11) is 0. The van der Waals surface area contributed by atoms with Gasteiger partial charge in [0.1, 0.15) is 0 Å². The van der Waals surface area contributed by atoms with Crippen molar-refractivity contribution in [3.8, 4) is 0 Å². The van der Waals surface area contributed by atoms with Crippen LogP contribution in [0.2, 0.25) is 0 Å². The van der Waals surface area contributed by atoms with Gasteiger partial charge in [-0.15, -0.1) is 0 Å². The number of nitrogens with one attached hydrogen (secondary N) is 2. The molecule has 1 aliphatic rings. The highest BCUT2D eigenvalue weighted by molar-refractivity contribution is 5.93. The molecule has 2 N–H and O–H groups in total. The maximum atomic E-state index is 11.8. The van der Waals surface area contributed by atoms with Crippen molar-refractivity contribution in [2.24, 2.45) is 0 Å². The Balaban J connectivity index is 1.71. The van der Waals surface area contributed by atoms with Crippen molar-refractivity contribution in [1.82, 2.24) is 5.32 Å². The molecule has 136 valence electrons. The Morgan fingerprint density at radius 3 is 2.40 bits per heavy atom. The fourth-order valence-electron chi connectivity index (χ4n) is 2.66. The number of piperidine rings is 1. The number of rotatable bonds is 7. The molecule has 1 aliphatic heterocycles. The summed E-state index contributed by atoms with van der Waals surface area (Å²) in [5.74, 6) is -1.12. The van der Waals surface area contributed by atoms with E-state index < -0.39 is 11.9 Å². The van der Waals surface area contributed by atoms with Crippen molar-refractivity contribution in [3.05, 3.63) is 24.3 Å². The van der Waals surface area contributed by atoms with E-state index in [0.717, 1.165) is 18.8 Å². The minimum Gasteiger partial charge on any atom is -0.456 e. The highest BCUT2D eigenvalue weighted by Gasteiger charge is 2.11. The monoisotopic (exact) mass is 347 g/mol. The van der Waals surface area contributed by atoms with Crippen LogP contribution in [0.4, 0.5) is 11.4 Å². The van der Waals surface area contributed by atoms with Crippen LogP contribution in [-0.2, 0) is 19.1 Å². The molecule has 7 nitrogen and oxygen atoms in total. The average Bonchev–Trinajstić information content (AvgIpc) is 2.61. The lowest BCUT2D eigenvalue weighted by atomic mass is 10.1.